The highest BCUT2D eigenvalue weighted by atomic mass is 15.1. The molecule has 21 heavy (non-hydrogen) atoms. The van der Waals surface area contributed by atoms with Crippen molar-refractivity contribution < 1.29 is 0 Å². The highest BCUT2D eigenvalue weighted by Crippen LogP contribution is 2.19. The number of anilines is 1. The lowest BCUT2D eigenvalue weighted by molar-refractivity contribution is 0.589. The van der Waals surface area contributed by atoms with Gasteiger partial charge < -0.3 is 10.2 Å². The number of benzene rings is 2. The average Bonchev–Trinajstić information content (AvgIpc) is 2.54. The highest BCUT2D eigenvalue weighted by Gasteiger charge is 2.12. The van der Waals surface area contributed by atoms with Crippen molar-refractivity contribution in [3.8, 4) is 0 Å². The second kappa shape index (κ2) is 7.84. The Balaban J connectivity index is 2.05. The van der Waals surface area contributed by atoms with Gasteiger partial charge in [0.05, 0.1) is 0 Å². The molecule has 0 spiro atoms. The normalized spacial score (nSPS) is 12.1. The van der Waals surface area contributed by atoms with Gasteiger partial charge in [-0.15, -0.1) is 0 Å². The number of likely N-dealkylation sites (N-methyl/N-ethyl adjacent to an activating group) is 2. The summed E-state index contributed by atoms with van der Waals surface area (Å²) in [7, 11) is 4.18. The highest BCUT2D eigenvalue weighted by molar-refractivity contribution is 5.45. The summed E-state index contributed by atoms with van der Waals surface area (Å²) in [4.78, 5) is 2.29. The van der Waals surface area contributed by atoms with Crippen LogP contribution in [0.25, 0.3) is 0 Å². The molecule has 2 nitrogen and oxygen atoms in total. The minimum Gasteiger partial charge on any atom is -0.373 e. The SMILES string of the molecule is CCCc1ccc(C(CN(C)c2ccccc2)NC)cc1. The summed E-state index contributed by atoms with van der Waals surface area (Å²) in [6.07, 6.45) is 2.36. The Bertz CT molecular complexity index is 519. The van der Waals surface area contributed by atoms with Crippen LogP contribution in [0, 0.1) is 0 Å². The summed E-state index contributed by atoms with van der Waals surface area (Å²) in [5.41, 5.74) is 4.02. The van der Waals surface area contributed by atoms with Crippen molar-refractivity contribution in [1.82, 2.24) is 5.32 Å². The molecule has 1 unspecified atom stereocenters. The Morgan fingerprint density at radius 3 is 2.24 bits per heavy atom. The maximum atomic E-state index is 3.43. The van der Waals surface area contributed by atoms with Crippen LogP contribution in [0.2, 0.25) is 0 Å². The molecule has 0 amide bonds. The number of hydrogen-bond acceptors (Lipinski definition) is 2. The third-order valence-electron chi connectivity index (χ3n) is 3.92. The van der Waals surface area contributed by atoms with Gasteiger partial charge in [0.2, 0.25) is 0 Å². The van der Waals surface area contributed by atoms with E-state index in [4.69, 9.17) is 0 Å². The van der Waals surface area contributed by atoms with Crippen molar-refractivity contribution in [2.75, 3.05) is 25.5 Å². The molecule has 1 N–H and O–H groups in total. The second-order valence-corrected chi connectivity index (χ2v) is 5.55. The third-order valence-corrected chi connectivity index (χ3v) is 3.92. The molecule has 0 aliphatic carbocycles. The first-order valence-electron chi connectivity index (χ1n) is 7.77. The fraction of sp³-hybridized carbons (Fsp3) is 0.368. The molecular weight excluding hydrogens is 256 g/mol. The molecule has 0 heterocycles. The fourth-order valence-corrected chi connectivity index (χ4v) is 2.63. The Hall–Kier alpha value is -1.80. The molecule has 2 aromatic rings. The summed E-state index contributed by atoms with van der Waals surface area (Å²) < 4.78 is 0. The number of rotatable bonds is 7. The lowest BCUT2D eigenvalue weighted by Gasteiger charge is -2.26. The zero-order valence-electron chi connectivity index (χ0n) is 13.3. The molecule has 1 atom stereocenters. The topological polar surface area (TPSA) is 15.3 Å². The first-order chi connectivity index (χ1) is 10.2. The van der Waals surface area contributed by atoms with E-state index < -0.39 is 0 Å². The van der Waals surface area contributed by atoms with Gasteiger partial charge >= 0.3 is 0 Å². The van der Waals surface area contributed by atoms with E-state index in [1.54, 1.807) is 0 Å². The Kier molecular flexibility index (Phi) is 5.82. The zero-order chi connectivity index (χ0) is 15.1. The van der Waals surface area contributed by atoms with Crippen LogP contribution in [-0.2, 0) is 6.42 Å². The van der Waals surface area contributed by atoms with E-state index in [9.17, 15) is 0 Å². The van der Waals surface area contributed by atoms with Gasteiger partial charge in [0, 0.05) is 25.3 Å². The predicted octanol–water partition coefficient (Wildman–Crippen LogP) is 4.04. The van der Waals surface area contributed by atoms with E-state index in [2.05, 4.69) is 78.8 Å². The van der Waals surface area contributed by atoms with Gasteiger partial charge in [-0.1, -0.05) is 55.8 Å². The first-order valence-corrected chi connectivity index (χ1v) is 7.77. The van der Waals surface area contributed by atoms with Crippen molar-refractivity contribution in [1.29, 1.82) is 0 Å². The molecular formula is C19H26N2. The largest absolute Gasteiger partial charge is 0.373 e. The van der Waals surface area contributed by atoms with Crippen molar-refractivity contribution in [2.45, 2.75) is 25.8 Å². The van der Waals surface area contributed by atoms with Crippen LogP contribution in [0.4, 0.5) is 5.69 Å². The van der Waals surface area contributed by atoms with E-state index >= 15 is 0 Å². The summed E-state index contributed by atoms with van der Waals surface area (Å²) >= 11 is 0. The Labute approximate surface area is 128 Å². The molecule has 0 fully saturated rings. The minimum atomic E-state index is 0.339. The van der Waals surface area contributed by atoms with Gasteiger partial charge in [-0.3, -0.25) is 0 Å². The van der Waals surface area contributed by atoms with Crippen LogP contribution in [0.1, 0.15) is 30.5 Å². The minimum absolute atomic E-state index is 0.339. The third kappa shape index (κ3) is 4.33. The van der Waals surface area contributed by atoms with E-state index in [1.165, 1.54) is 23.2 Å². The molecule has 2 rings (SSSR count). The van der Waals surface area contributed by atoms with E-state index in [1.807, 2.05) is 7.05 Å². The van der Waals surface area contributed by atoms with E-state index in [0.29, 0.717) is 6.04 Å². The number of nitrogens with zero attached hydrogens (tertiary/aromatic N) is 1. The summed E-state index contributed by atoms with van der Waals surface area (Å²) in [5, 5.41) is 3.43. The number of nitrogens with one attached hydrogen (secondary N) is 1. The number of para-hydroxylation sites is 1. The molecule has 0 aromatic heterocycles. The van der Waals surface area contributed by atoms with Gasteiger partial charge in [0.1, 0.15) is 0 Å². The quantitative estimate of drug-likeness (QED) is 0.824. The molecule has 2 heteroatoms. The lowest BCUT2D eigenvalue weighted by atomic mass is 10.0. The predicted molar refractivity (Wildman–Crippen MR) is 91.9 cm³/mol. The molecule has 2 aromatic carbocycles. The van der Waals surface area contributed by atoms with Gasteiger partial charge in [-0.2, -0.15) is 0 Å². The van der Waals surface area contributed by atoms with Crippen LogP contribution in [0.15, 0.2) is 54.6 Å². The Morgan fingerprint density at radius 1 is 1.00 bits per heavy atom. The zero-order valence-corrected chi connectivity index (χ0v) is 13.3. The van der Waals surface area contributed by atoms with Crippen LogP contribution >= 0.6 is 0 Å². The van der Waals surface area contributed by atoms with Crippen molar-refractivity contribution in [3.05, 3.63) is 65.7 Å². The molecule has 112 valence electrons. The van der Waals surface area contributed by atoms with E-state index in [0.717, 1.165) is 13.0 Å². The van der Waals surface area contributed by atoms with Crippen LogP contribution in [0.5, 0.6) is 0 Å². The van der Waals surface area contributed by atoms with Gasteiger partial charge in [0.25, 0.3) is 0 Å². The smallest absolute Gasteiger partial charge is 0.0495 e. The summed E-state index contributed by atoms with van der Waals surface area (Å²) in [5.74, 6) is 0. The molecule has 0 radical (unpaired) electrons. The number of hydrogen-bond donors (Lipinski definition) is 1. The first kappa shape index (κ1) is 15.6. The maximum absolute atomic E-state index is 3.43. The van der Waals surface area contributed by atoms with Gasteiger partial charge in [-0.05, 0) is 36.7 Å². The molecule has 0 bridgehead atoms. The van der Waals surface area contributed by atoms with Crippen molar-refractivity contribution >= 4 is 5.69 Å². The van der Waals surface area contributed by atoms with Crippen LogP contribution < -0.4 is 10.2 Å². The van der Waals surface area contributed by atoms with Crippen molar-refractivity contribution in [3.63, 3.8) is 0 Å². The molecule has 0 aliphatic rings. The molecule has 0 saturated carbocycles. The van der Waals surface area contributed by atoms with Crippen LogP contribution in [-0.4, -0.2) is 20.6 Å². The summed E-state index contributed by atoms with van der Waals surface area (Å²) in [6, 6.07) is 19.9. The van der Waals surface area contributed by atoms with Crippen LogP contribution in [0.3, 0.4) is 0 Å². The Morgan fingerprint density at radius 2 is 1.67 bits per heavy atom. The standard InChI is InChI=1S/C19H26N2/c1-4-8-16-11-13-17(14-12-16)19(20-2)15-21(3)18-9-6-5-7-10-18/h5-7,9-14,19-20H,4,8,15H2,1-3H3. The lowest BCUT2D eigenvalue weighted by Crippen LogP contribution is -2.31. The molecule has 0 aliphatic heterocycles. The van der Waals surface area contributed by atoms with Crippen molar-refractivity contribution in [2.24, 2.45) is 0 Å². The maximum Gasteiger partial charge on any atom is 0.0495 e. The summed E-state index contributed by atoms with van der Waals surface area (Å²) in [6.45, 7) is 3.17. The van der Waals surface area contributed by atoms with Gasteiger partial charge in [-0.25, -0.2) is 0 Å². The second-order valence-electron chi connectivity index (χ2n) is 5.55. The van der Waals surface area contributed by atoms with Gasteiger partial charge in [0.15, 0.2) is 0 Å². The average molecular weight is 282 g/mol. The fourth-order valence-electron chi connectivity index (χ4n) is 2.63. The van der Waals surface area contributed by atoms with E-state index in [-0.39, 0.29) is 0 Å². The number of aryl methyl sites for hydroxylation is 1. The monoisotopic (exact) mass is 282 g/mol. The molecule has 0 saturated heterocycles.